The molecule has 0 radical (unpaired) electrons. The van der Waals surface area contributed by atoms with Crippen molar-refractivity contribution in [2.45, 2.75) is 12.3 Å². The molecule has 1 aromatic heterocycles. The molecule has 1 unspecified atom stereocenters. The van der Waals surface area contributed by atoms with E-state index >= 15 is 0 Å². The standard InChI is InChI=1S/C21H21BN4O2/c1-26-22(28)20-5-4-16(10-18(20)13-25-26)19(11-23)21(27)9-14-2-3-17-12-24-7-6-15(17)8-14/h2-8,10,12-13,19,28H,9,11,23H2,1H3. The topological polar surface area (TPSA) is 91.8 Å². The molecule has 3 aromatic rings. The molecular weight excluding hydrogens is 351 g/mol. The molecule has 3 N–H and O–H groups in total. The number of hydrogen-bond acceptors (Lipinski definition) is 6. The highest BCUT2D eigenvalue weighted by Gasteiger charge is 2.28. The van der Waals surface area contributed by atoms with E-state index in [4.69, 9.17) is 5.73 Å². The molecule has 0 spiro atoms. The van der Waals surface area contributed by atoms with E-state index in [1.54, 1.807) is 19.5 Å². The van der Waals surface area contributed by atoms with Crippen molar-refractivity contribution in [3.63, 3.8) is 0 Å². The number of carbonyl (C=O) groups excluding carboxylic acids is 1. The van der Waals surface area contributed by atoms with Crippen LogP contribution in [0.3, 0.4) is 0 Å². The number of nitrogens with two attached hydrogens (primary N) is 1. The summed E-state index contributed by atoms with van der Waals surface area (Å²) in [4.78, 5) is 18.6. The lowest BCUT2D eigenvalue weighted by Gasteiger charge is -2.24. The Balaban J connectivity index is 1.58. The van der Waals surface area contributed by atoms with Gasteiger partial charge in [-0.05, 0) is 39.7 Å². The largest absolute Gasteiger partial charge is 0.466 e. The van der Waals surface area contributed by atoms with Gasteiger partial charge in [-0.1, -0.05) is 30.3 Å². The van der Waals surface area contributed by atoms with E-state index in [0.29, 0.717) is 6.42 Å². The molecule has 1 aliphatic heterocycles. The van der Waals surface area contributed by atoms with Crippen LogP contribution in [0.4, 0.5) is 0 Å². The first-order chi connectivity index (χ1) is 13.6. The van der Waals surface area contributed by atoms with Gasteiger partial charge in [0.25, 0.3) is 0 Å². The molecule has 28 heavy (non-hydrogen) atoms. The van der Waals surface area contributed by atoms with E-state index in [0.717, 1.165) is 32.9 Å². The number of nitrogens with zero attached hydrogens (tertiary/aromatic N) is 3. The third-order valence-corrected chi connectivity index (χ3v) is 5.23. The maximum Gasteiger partial charge on any atom is 0.466 e. The Hall–Kier alpha value is -3.03. The number of benzene rings is 2. The Morgan fingerprint density at radius 1 is 1.21 bits per heavy atom. The van der Waals surface area contributed by atoms with Crippen LogP contribution in [0.2, 0.25) is 0 Å². The number of rotatable bonds is 5. The molecule has 2 aromatic carbocycles. The lowest BCUT2D eigenvalue weighted by atomic mass is 9.69. The van der Waals surface area contributed by atoms with Crippen molar-refractivity contribution in [1.82, 2.24) is 9.90 Å². The number of pyridine rings is 1. The van der Waals surface area contributed by atoms with E-state index in [1.807, 2.05) is 48.7 Å². The Labute approximate surface area is 163 Å². The maximum absolute atomic E-state index is 13.0. The van der Waals surface area contributed by atoms with Crippen LogP contribution in [0.1, 0.15) is 22.6 Å². The summed E-state index contributed by atoms with van der Waals surface area (Å²) in [6.45, 7) is 0.231. The van der Waals surface area contributed by atoms with Gasteiger partial charge in [-0.25, -0.2) is 0 Å². The predicted molar refractivity (Wildman–Crippen MR) is 112 cm³/mol. The molecule has 0 fully saturated rings. The fourth-order valence-corrected chi connectivity index (χ4v) is 3.60. The van der Waals surface area contributed by atoms with E-state index in [-0.39, 0.29) is 12.3 Å². The summed E-state index contributed by atoms with van der Waals surface area (Å²) in [6, 6.07) is 13.5. The van der Waals surface area contributed by atoms with Crippen LogP contribution in [0.5, 0.6) is 0 Å². The Bertz CT molecular complexity index is 1070. The van der Waals surface area contributed by atoms with Gasteiger partial charge >= 0.3 is 7.05 Å². The molecule has 2 heterocycles. The number of hydrazone groups is 1. The highest BCUT2D eigenvalue weighted by molar-refractivity contribution is 6.65. The Morgan fingerprint density at radius 2 is 2.07 bits per heavy atom. The lowest BCUT2D eigenvalue weighted by Crippen LogP contribution is -2.48. The molecule has 4 rings (SSSR count). The minimum atomic E-state index is -0.784. The van der Waals surface area contributed by atoms with E-state index in [1.165, 1.54) is 4.92 Å². The number of Topliss-reactive ketones (excluding diaryl/α,β-unsaturated/α-hetero) is 1. The molecule has 0 amide bonds. The average molecular weight is 372 g/mol. The van der Waals surface area contributed by atoms with Crippen LogP contribution in [0.25, 0.3) is 10.8 Å². The lowest BCUT2D eigenvalue weighted by molar-refractivity contribution is -0.119. The summed E-state index contributed by atoms with van der Waals surface area (Å²) in [6.07, 6.45) is 5.57. The normalized spacial score (nSPS) is 14.2. The summed E-state index contributed by atoms with van der Waals surface area (Å²) in [7, 11) is 0.928. The summed E-state index contributed by atoms with van der Waals surface area (Å²) < 4.78 is 0. The van der Waals surface area contributed by atoms with Crippen molar-refractivity contribution in [2.75, 3.05) is 13.6 Å². The van der Waals surface area contributed by atoms with E-state index in [9.17, 15) is 9.82 Å². The van der Waals surface area contributed by atoms with Gasteiger partial charge in [0.15, 0.2) is 0 Å². The van der Waals surface area contributed by atoms with Gasteiger partial charge in [-0.15, -0.1) is 0 Å². The van der Waals surface area contributed by atoms with Crippen LogP contribution < -0.4 is 11.2 Å². The molecule has 7 heteroatoms. The van der Waals surface area contributed by atoms with Crippen LogP contribution in [-0.4, -0.2) is 47.6 Å². The van der Waals surface area contributed by atoms with Crippen molar-refractivity contribution in [1.29, 1.82) is 0 Å². The van der Waals surface area contributed by atoms with Crippen LogP contribution in [-0.2, 0) is 11.2 Å². The van der Waals surface area contributed by atoms with Gasteiger partial charge < -0.3 is 15.7 Å². The molecule has 0 aliphatic carbocycles. The van der Waals surface area contributed by atoms with Crippen molar-refractivity contribution >= 4 is 35.3 Å². The van der Waals surface area contributed by atoms with E-state index < -0.39 is 13.0 Å². The summed E-state index contributed by atoms with van der Waals surface area (Å²) in [5.41, 5.74) is 9.34. The fraction of sp³-hybridized carbons (Fsp3) is 0.190. The summed E-state index contributed by atoms with van der Waals surface area (Å²) >= 11 is 0. The number of ketones is 1. The van der Waals surface area contributed by atoms with Gasteiger partial charge in [0, 0.05) is 37.8 Å². The minimum absolute atomic E-state index is 0.0706. The second-order valence-corrected chi connectivity index (χ2v) is 7.07. The Kier molecular flexibility index (Phi) is 4.94. The average Bonchev–Trinajstić information content (AvgIpc) is 2.71. The van der Waals surface area contributed by atoms with Gasteiger partial charge in [-0.2, -0.15) is 5.10 Å². The number of carbonyl (C=O) groups is 1. The molecule has 0 saturated carbocycles. The SMILES string of the molecule is CN1N=Cc2cc(C(CN)C(=O)Cc3ccc4cnccc4c3)ccc2B1O. The highest BCUT2D eigenvalue weighted by Crippen LogP contribution is 2.21. The van der Waals surface area contributed by atoms with Crippen LogP contribution in [0.15, 0.2) is 60.0 Å². The monoisotopic (exact) mass is 372 g/mol. The zero-order valence-corrected chi connectivity index (χ0v) is 15.6. The number of aromatic nitrogens is 1. The summed E-state index contributed by atoms with van der Waals surface area (Å²) in [5.74, 6) is -0.329. The minimum Gasteiger partial charge on any atom is -0.428 e. The molecule has 0 saturated heterocycles. The van der Waals surface area contributed by atoms with Crippen LogP contribution in [0, 0.1) is 0 Å². The first-order valence-electron chi connectivity index (χ1n) is 9.21. The predicted octanol–water partition coefficient (Wildman–Crippen LogP) is 1.06. The Morgan fingerprint density at radius 3 is 2.89 bits per heavy atom. The molecule has 0 bridgehead atoms. The van der Waals surface area contributed by atoms with Gasteiger partial charge in [0.1, 0.15) is 5.78 Å². The quantitative estimate of drug-likeness (QED) is 0.654. The van der Waals surface area contributed by atoms with Crippen molar-refractivity contribution < 1.29 is 9.82 Å². The van der Waals surface area contributed by atoms with Crippen molar-refractivity contribution in [3.8, 4) is 0 Å². The number of hydrogen-bond donors (Lipinski definition) is 2. The third kappa shape index (κ3) is 3.42. The van der Waals surface area contributed by atoms with Crippen LogP contribution >= 0.6 is 0 Å². The first kappa shape index (κ1) is 18.3. The van der Waals surface area contributed by atoms with Gasteiger partial charge in [0.05, 0.1) is 12.1 Å². The zero-order valence-electron chi connectivity index (χ0n) is 15.6. The maximum atomic E-state index is 13.0. The van der Waals surface area contributed by atoms with Gasteiger partial charge in [0.2, 0.25) is 0 Å². The highest BCUT2D eigenvalue weighted by atomic mass is 16.2. The second-order valence-electron chi connectivity index (χ2n) is 7.07. The molecular formula is C21H21BN4O2. The first-order valence-corrected chi connectivity index (χ1v) is 9.21. The fourth-order valence-electron chi connectivity index (χ4n) is 3.60. The smallest absolute Gasteiger partial charge is 0.428 e. The molecule has 140 valence electrons. The van der Waals surface area contributed by atoms with Crippen molar-refractivity contribution in [3.05, 3.63) is 71.5 Å². The molecule has 1 atom stereocenters. The molecule has 6 nitrogen and oxygen atoms in total. The van der Waals surface area contributed by atoms with Crippen molar-refractivity contribution in [2.24, 2.45) is 10.8 Å². The zero-order chi connectivity index (χ0) is 19.7. The third-order valence-electron chi connectivity index (χ3n) is 5.23. The molecule has 1 aliphatic rings. The van der Waals surface area contributed by atoms with Gasteiger partial charge in [-0.3, -0.25) is 9.78 Å². The summed E-state index contributed by atoms with van der Waals surface area (Å²) in [5, 5.41) is 16.5. The van der Waals surface area contributed by atoms with E-state index in [2.05, 4.69) is 10.1 Å². The second kappa shape index (κ2) is 7.54. The number of fused-ring (bicyclic) bond motifs is 2.